The van der Waals surface area contributed by atoms with Gasteiger partial charge >= 0.3 is 5.69 Å². The molecule has 6 heteroatoms. The van der Waals surface area contributed by atoms with Gasteiger partial charge in [0, 0.05) is 15.8 Å². The number of rotatable bonds is 3. The number of halogens is 1. The minimum absolute atomic E-state index is 0.0664. The van der Waals surface area contributed by atoms with Crippen LogP contribution in [0.1, 0.15) is 16.7 Å². The summed E-state index contributed by atoms with van der Waals surface area (Å²) in [4.78, 5) is 27.8. The van der Waals surface area contributed by atoms with E-state index in [-0.39, 0.29) is 17.3 Å². The maximum atomic E-state index is 11.6. The molecule has 2 aromatic rings. The Hall–Kier alpha value is -1.33. The van der Waals surface area contributed by atoms with E-state index < -0.39 is 5.69 Å². The third kappa shape index (κ3) is 2.68. The number of hydrogen-bond donors (Lipinski definition) is 1. The van der Waals surface area contributed by atoms with Gasteiger partial charge in [-0.05, 0) is 18.6 Å². The fraction of sp³-hybridized carbons (Fsp3) is 0.273. The Morgan fingerprint density at radius 3 is 2.65 bits per heavy atom. The van der Waals surface area contributed by atoms with Gasteiger partial charge in [0.25, 0.3) is 5.56 Å². The Balaban J connectivity index is 2.36. The Morgan fingerprint density at radius 1 is 1.35 bits per heavy atom. The van der Waals surface area contributed by atoms with Gasteiger partial charge in [-0.3, -0.25) is 14.3 Å². The Labute approximate surface area is 106 Å². The smallest absolute Gasteiger partial charge is 0.298 e. The Kier molecular flexibility index (Phi) is 3.49. The van der Waals surface area contributed by atoms with E-state index in [4.69, 9.17) is 11.6 Å². The lowest BCUT2D eigenvalue weighted by Crippen LogP contribution is -2.34. The van der Waals surface area contributed by atoms with Crippen molar-refractivity contribution in [2.24, 2.45) is 0 Å². The average Bonchev–Trinajstić information content (AvgIpc) is 2.71. The molecule has 0 unspecified atom stereocenters. The van der Waals surface area contributed by atoms with E-state index in [1.807, 2.05) is 12.1 Å². The van der Waals surface area contributed by atoms with Crippen molar-refractivity contribution in [3.05, 3.63) is 53.9 Å². The Morgan fingerprint density at radius 2 is 2.06 bits per heavy atom. The van der Waals surface area contributed by atoms with E-state index in [0.717, 1.165) is 15.9 Å². The van der Waals surface area contributed by atoms with Crippen molar-refractivity contribution < 1.29 is 0 Å². The number of thiophene rings is 1. The van der Waals surface area contributed by atoms with Crippen LogP contribution in [0.25, 0.3) is 0 Å². The van der Waals surface area contributed by atoms with Crippen molar-refractivity contribution in [1.29, 1.82) is 0 Å². The minimum Gasteiger partial charge on any atom is -0.298 e. The molecule has 0 aromatic carbocycles. The lowest BCUT2D eigenvalue weighted by atomic mass is 10.3. The van der Waals surface area contributed by atoms with Crippen molar-refractivity contribution >= 4 is 22.9 Å². The van der Waals surface area contributed by atoms with Crippen LogP contribution in [-0.2, 0) is 13.0 Å². The SMILES string of the molecule is CCc1ccc(Cn2c(=O)cc(Cl)[nH]c2=O)s1. The zero-order valence-electron chi connectivity index (χ0n) is 9.20. The summed E-state index contributed by atoms with van der Waals surface area (Å²) in [5.41, 5.74) is -0.862. The van der Waals surface area contributed by atoms with Crippen LogP contribution >= 0.6 is 22.9 Å². The second-order valence-electron chi connectivity index (χ2n) is 3.57. The summed E-state index contributed by atoms with van der Waals surface area (Å²) in [5, 5.41) is 0.0664. The lowest BCUT2D eigenvalue weighted by molar-refractivity contribution is 0.707. The van der Waals surface area contributed by atoms with Gasteiger partial charge in [0.05, 0.1) is 6.54 Å². The van der Waals surface area contributed by atoms with Crippen molar-refractivity contribution in [3.8, 4) is 0 Å². The molecule has 0 fully saturated rings. The highest BCUT2D eigenvalue weighted by Gasteiger charge is 2.06. The van der Waals surface area contributed by atoms with Gasteiger partial charge in [0.15, 0.2) is 0 Å². The molecule has 0 aliphatic carbocycles. The molecule has 0 saturated carbocycles. The highest BCUT2D eigenvalue weighted by molar-refractivity contribution is 7.11. The number of aromatic nitrogens is 2. The number of nitrogens with zero attached hydrogens (tertiary/aromatic N) is 1. The highest BCUT2D eigenvalue weighted by atomic mass is 35.5. The largest absolute Gasteiger partial charge is 0.329 e. The quantitative estimate of drug-likeness (QED) is 0.866. The van der Waals surface area contributed by atoms with Crippen LogP contribution in [0.3, 0.4) is 0 Å². The van der Waals surface area contributed by atoms with Gasteiger partial charge < -0.3 is 0 Å². The zero-order chi connectivity index (χ0) is 12.4. The number of aryl methyl sites for hydroxylation is 1. The van der Waals surface area contributed by atoms with Crippen LogP contribution in [-0.4, -0.2) is 9.55 Å². The van der Waals surface area contributed by atoms with Gasteiger partial charge in [0.1, 0.15) is 5.15 Å². The van der Waals surface area contributed by atoms with Crippen LogP contribution in [0.2, 0.25) is 5.15 Å². The molecule has 2 rings (SSSR count). The number of aromatic amines is 1. The summed E-state index contributed by atoms with van der Waals surface area (Å²) >= 11 is 7.19. The van der Waals surface area contributed by atoms with Crippen molar-refractivity contribution in [1.82, 2.24) is 9.55 Å². The van der Waals surface area contributed by atoms with E-state index in [1.165, 1.54) is 10.9 Å². The number of H-pyrrole nitrogens is 1. The first-order valence-corrected chi connectivity index (χ1v) is 6.37. The molecule has 0 amide bonds. The van der Waals surface area contributed by atoms with Gasteiger partial charge in [-0.15, -0.1) is 11.3 Å². The summed E-state index contributed by atoms with van der Waals surface area (Å²) in [6.45, 7) is 2.35. The maximum Gasteiger partial charge on any atom is 0.329 e. The normalized spacial score (nSPS) is 10.7. The summed E-state index contributed by atoms with van der Waals surface area (Å²) in [7, 11) is 0. The van der Waals surface area contributed by atoms with E-state index in [0.29, 0.717) is 0 Å². The topological polar surface area (TPSA) is 54.9 Å². The van der Waals surface area contributed by atoms with Gasteiger partial charge in [-0.25, -0.2) is 4.79 Å². The van der Waals surface area contributed by atoms with Gasteiger partial charge in [-0.1, -0.05) is 18.5 Å². The molecule has 0 saturated heterocycles. The van der Waals surface area contributed by atoms with Crippen LogP contribution in [0.4, 0.5) is 0 Å². The predicted molar refractivity (Wildman–Crippen MR) is 69.1 cm³/mol. The first-order chi connectivity index (χ1) is 8.10. The van der Waals surface area contributed by atoms with Crippen LogP contribution < -0.4 is 11.2 Å². The molecule has 0 aliphatic heterocycles. The number of hydrogen-bond acceptors (Lipinski definition) is 3. The third-order valence-electron chi connectivity index (χ3n) is 2.37. The zero-order valence-corrected chi connectivity index (χ0v) is 10.8. The van der Waals surface area contributed by atoms with E-state index >= 15 is 0 Å². The molecule has 1 N–H and O–H groups in total. The van der Waals surface area contributed by atoms with Gasteiger partial charge in [0.2, 0.25) is 0 Å². The molecule has 0 aliphatic rings. The molecule has 0 bridgehead atoms. The summed E-state index contributed by atoms with van der Waals surface area (Å²) < 4.78 is 1.14. The monoisotopic (exact) mass is 270 g/mol. The molecular formula is C11H11ClN2O2S. The fourth-order valence-electron chi connectivity index (χ4n) is 1.50. The van der Waals surface area contributed by atoms with Crippen molar-refractivity contribution in [2.75, 3.05) is 0 Å². The third-order valence-corrected chi connectivity index (χ3v) is 3.79. The lowest BCUT2D eigenvalue weighted by Gasteiger charge is -2.01. The molecule has 2 aromatic heterocycles. The summed E-state index contributed by atoms with van der Waals surface area (Å²) in [6.07, 6.45) is 0.955. The highest BCUT2D eigenvalue weighted by Crippen LogP contribution is 2.17. The molecule has 0 radical (unpaired) electrons. The predicted octanol–water partition coefficient (Wildman–Crippen LogP) is 1.86. The van der Waals surface area contributed by atoms with Crippen molar-refractivity contribution in [2.45, 2.75) is 19.9 Å². The first kappa shape index (κ1) is 12.1. The number of nitrogens with one attached hydrogen (secondary N) is 1. The van der Waals surface area contributed by atoms with E-state index in [9.17, 15) is 9.59 Å². The molecule has 0 spiro atoms. The molecule has 90 valence electrons. The standard InChI is InChI=1S/C11H11ClN2O2S/c1-2-7-3-4-8(17-7)6-14-10(15)5-9(12)13-11(14)16/h3-5H,2,6H2,1H3,(H,13,16). The molecular weight excluding hydrogens is 260 g/mol. The fourth-order valence-corrected chi connectivity index (χ4v) is 2.62. The second-order valence-corrected chi connectivity index (χ2v) is 5.23. The maximum absolute atomic E-state index is 11.6. The van der Waals surface area contributed by atoms with Crippen LogP contribution in [0.15, 0.2) is 27.8 Å². The summed E-state index contributed by atoms with van der Waals surface area (Å²) in [5.74, 6) is 0. The minimum atomic E-state index is -0.478. The van der Waals surface area contributed by atoms with E-state index in [1.54, 1.807) is 11.3 Å². The second kappa shape index (κ2) is 4.89. The molecule has 2 heterocycles. The van der Waals surface area contributed by atoms with Crippen LogP contribution in [0, 0.1) is 0 Å². The molecule has 0 atom stereocenters. The summed E-state index contributed by atoms with van der Waals surface area (Å²) in [6, 6.07) is 5.15. The van der Waals surface area contributed by atoms with Crippen molar-refractivity contribution in [3.63, 3.8) is 0 Å². The van der Waals surface area contributed by atoms with Gasteiger partial charge in [-0.2, -0.15) is 0 Å². The average molecular weight is 271 g/mol. The molecule has 4 nitrogen and oxygen atoms in total. The Bertz CT molecular complexity index is 610. The molecule has 17 heavy (non-hydrogen) atoms. The first-order valence-electron chi connectivity index (χ1n) is 5.17. The van der Waals surface area contributed by atoms with Crippen LogP contribution in [0.5, 0.6) is 0 Å². The van der Waals surface area contributed by atoms with E-state index in [2.05, 4.69) is 11.9 Å².